The van der Waals surface area contributed by atoms with Crippen molar-refractivity contribution in [3.05, 3.63) is 65.7 Å². The molecule has 0 unspecified atom stereocenters. The Kier molecular flexibility index (Phi) is 9.34. The molecule has 0 bridgehead atoms. The van der Waals surface area contributed by atoms with Gasteiger partial charge in [-0.25, -0.2) is 4.79 Å². The van der Waals surface area contributed by atoms with Crippen LogP contribution >= 0.6 is 0 Å². The predicted octanol–water partition coefficient (Wildman–Crippen LogP) is 6.35. The summed E-state index contributed by atoms with van der Waals surface area (Å²) in [6.45, 7) is 2.46. The van der Waals surface area contributed by atoms with Crippen molar-refractivity contribution in [2.75, 3.05) is 6.61 Å². The standard InChI is InChI=1S/C23H30O3/c1-2-21-17-11-12-18-22(21)26-23(24)25-19-13-6-4-3-5-8-14-20-15-9-7-10-16-20/h7,9-12,15-18H,2-6,8,13-14,19H2,1H3. The van der Waals surface area contributed by atoms with Crippen molar-refractivity contribution < 1.29 is 14.3 Å². The number of aryl methyl sites for hydroxylation is 2. The van der Waals surface area contributed by atoms with E-state index in [9.17, 15) is 4.79 Å². The number of hydrogen-bond acceptors (Lipinski definition) is 3. The van der Waals surface area contributed by atoms with E-state index in [1.165, 1.54) is 31.2 Å². The van der Waals surface area contributed by atoms with Gasteiger partial charge in [0.1, 0.15) is 5.75 Å². The minimum atomic E-state index is -0.603. The molecule has 0 N–H and O–H groups in total. The van der Waals surface area contributed by atoms with Gasteiger partial charge in [-0.3, -0.25) is 0 Å². The molecule has 3 heteroatoms. The van der Waals surface area contributed by atoms with Crippen molar-refractivity contribution in [3.8, 4) is 5.75 Å². The lowest BCUT2D eigenvalue weighted by Crippen LogP contribution is -2.12. The van der Waals surface area contributed by atoms with Crippen LogP contribution < -0.4 is 4.74 Å². The summed E-state index contributed by atoms with van der Waals surface area (Å²) in [6.07, 6.45) is 8.28. The molecule has 0 radical (unpaired) electrons. The number of ether oxygens (including phenoxy) is 2. The normalized spacial score (nSPS) is 10.5. The van der Waals surface area contributed by atoms with Crippen molar-refractivity contribution in [2.45, 2.75) is 58.3 Å². The Labute approximate surface area is 157 Å². The molecule has 0 aromatic heterocycles. The molecule has 0 aliphatic heterocycles. The van der Waals surface area contributed by atoms with Crippen LogP contribution in [0.1, 0.15) is 56.6 Å². The molecule has 0 fully saturated rings. The highest BCUT2D eigenvalue weighted by molar-refractivity contribution is 5.64. The summed E-state index contributed by atoms with van der Waals surface area (Å²) in [4.78, 5) is 11.7. The van der Waals surface area contributed by atoms with Crippen molar-refractivity contribution in [1.82, 2.24) is 0 Å². The molecule has 140 valence electrons. The van der Waals surface area contributed by atoms with Crippen molar-refractivity contribution >= 4 is 6.16 Å². The lowest BCUT2D eigenvalue weighted by Gasteiger charge is -2.09. The summed E-state index contributed by atoms with van der Waals surface area (Å²) >= 11 is 0. The first-order valence-electron chi connectivity index (χ1n) is 9.76. The number of carbonyl (C=O) groups excluding carboxylic acids is 1. The van der Waals surface area contributed by atoms with Crippen LogP contribution in [0.15, 0.2) is 54.6 Å². The largest absolute Gasteiger partial charge is 0.513 e. The van der Waals surface area contributed by atoms with E-state index in [0.717, 1.165) is 31.2 Å². The van der Waals surface area contributed by atoms with E-state index < -0.39 is 6.16 Å². The van der Waals surface area contributed by atoms with Gasteiger partial charge in [0.05, 0.1) is 6.61 Å². The molecule has 0 aliphatic rings. The summed E-state index contributed by atoms with van der Waals surface area (Å²) in [5.41, 5.74) is 2.43. The van der Waals surface area contributed by atoms with Crippen LogP contribution in [0.4, 0.5) is 4.79 Å². The highest BCUT2D eigenvalue weighted by Crippen LogP contribution is 2.18. The Balaban J connectivity index is 1.47. The molecular weight excluding hydrogens is 324 g/mol. The summed E-state index contributed by atoms with van der Waals surface area (Å²) < 4.78 is 10.4. The third-order valence-electron chi connectivity index (χ3n) is 4.47. The zero-order valence-corrected chi connectivity index (χ0v) is 15.8. The Bertz CT molecular complexity index is 637. The molecule has 0 saturated carbocycles. The second-order valence-electron chi connectivity index (χ2n) is 6.52. The monoisotopic (exact) mass is 354 g/mol. The molecule has 0 heterocycles. The molecule has 0 amide bonds. The molecule has 26 heavy (non-hydrogen) atoms. The van der Waals surface area contributed by atoms with E-state index in [1.54, 1.807) is 6.07 Å². The predicted molar refractivity (Wildman–Crippen MR) is 106 cm³/mol. The average Bonchev–Trinajstić information content (AvgIpc) is 2.68. The maximum atomic E-state index is 11.7. The summed E-state index contributed by atoms with van der Waals surface area (Å²) in [5.74, 6) is 0.596. The van der Waals surface area contributed by atoms with E-state index in [-0.39, 0.29) is 0 Å². The van der Waals surface area contributed by atoms with Gasteiger partial charge in [-0.2, -0.15) is 0 Å². The van der Waals surface area contributed by atoms with Gasteiger partial charge in [-0.15, -0.1) is 0 Å². The number of carbonyl (C=O) groups is 1. The second-order valence-corrected chi connectivity index (χ2v) is 6.52. The van der Waals surface area contributed by atoms with Gasteiger partial charge in [0.2, 0.25) is 0 Å². The topological polar surface area (TPSA) is 35.5 Å². The van der Waals surface area contributed by atoms with Gasteiger partial charge in [-0.1, -0.05) is 81.1 Å². The van der Waals surface area contributed by atoms with E-state index in [4.69, 9.17) is 9.47 Å². The molecule has 0 spiro atoms. The first-order valence-corrected chi connectivity index (χ1v) is 9.76. The Hall–Kier alpha value is -2.29. The van der Waals surface area contributed by atoms with Crippen molar-refractivity contribution in [3.63, 3.8) is 0 Å². The zero-order valence-electron chi connectivity index (χ0n) is 15.8. The van der Waals surface area contributed by atoms with E-state index in [1.807, 2.05) is 25.1 Å². The number of unbranched alkanes of at least 4 members (excludes halogenated alkanes) is 5. The molecule has 0 atom stereocenters. The van der Waals surface area contributed by atoms with Crippen LogP contribution in [0, 0.1) is 0 Å². The first kappa shape index (κ1) is 20.0. The molecule has 0 aliphatic carbocycles. The highest BCUT2D eigenvalue weighted by atomic mass is 16.7. The number of hydrogen-bond donors (Lipinski definition) is 0. The lowest BCUT2D eigenvalue weighted by molar-refractivity contribution is 0.0969. The molecule has 0 saturated heterocycles. The van der Waals surface area contributed by atoms with Gasteiger partial charge in [-0.05, 0) is 42.9 Å². The van der Waals surface area contributed by atoms with Gasteiger partial charge in [0.15, 0.2) is 0 Å². The Morgan fingerprint density at radius 2 is 1.46 bits per heavy atom. The fourth-order valence-corrected chi connectivity index (χ4v) is 2.95. The van der Waals surface area contributed by atoms with Crippen molar-refractivity contribution in [1.29, 1.82) is 0 Å². The first-order chi connectivity index (χ1) is 12.8. The molecule has 3 nitrogen and oxygen atoms in total. The van der Waals surface area contributed by atoms with Gasteiger partial charge in [0.25, 0.3) is 0 Å². The summed E-state index contributed by atoms with van der Waals surface area (Å²) in [6, 6.07) is 18.2. The van der Waals surface area contributed by atoms with E-state index >= 15 is 0 Å². The Morgan fingerprint density at radius 3 is 2.23 bits per heavy atom. The van der Waals surface area contributed by atoms with Crippen molar-refractivity contribution in [2.24, 2.45) is 0 Å². The molecule has 2 aromatic rings. The molecular formula is C23H30O3. The van der Waals surface area contributed by atoms with E-state index in [2.05, 4.69) is 30.3 Å². The summed E-state index contributed by atoms with van der Waals surface area (Å²) in [5, 5.41) is 0. The van der Waals surface area contributed by atoms with Gasteiger partial charge in [0, 0.05) is 0 Å². The molecule has 2 rings (SSSR count). The quantitative estimate of drug-likeness (QED) is 0.268. The van der Waals surface area contributed by atoms with Crippen LogP contribution in [0.5, 0.6) is 5.75 Å². The van der Waals surface area contributed by atoms with Crippen LogP contribution in [-0.4, -0.2) is 12.8 Å². The fraction of sp³-hybridized carbons (Fsp3) is 0.435. The Morgan fingerprint density at radius 1 is 0.808 bits per heavy atom. The van der Waals surface area contributed by atoms with Gasteiger partial charge >= 0.3 is 6.16 Å². The second kappa shape index (κ2) is 12.1. The highest BCUT2D eigenvalue weighted by Gasteiger charge is 2.08. The fourth-order valence-electron chi connectivity index (χ4n) is 2.95. The maximum Gasteiger partial charge on any atom is 0.513 e. The number of rotatable bonds is 11. The van der Waals surface area contributed by atoms with Crippen LogP contribution in [0.3, 0.4) is 0 Å². The minimum Gasteiger partial charge on any atom is -0.434 e. The average molecular weight is 354 g/mol. The number of para-hydroxylation sites is 1. The van der Waals surface area contributed by atoms with Crippen LogP contribution in [0.2, 0.25) is 0 Å². The van der Waals surface area contributed by atoms with Crippen LogP contribution in [-0.2, 0) is 17.6 Å². The van der Waals surface area contributed by atoms with Crippen LogP contribution in [0.25, 0.3) is 0 Å². The SMILES string of the molecule is CCc1ccccc1OC(=O)OCCCCCCCCc1ccccc1. The molecule has 2 aromatic carbocycles. The summed E-state index contributed by atoms with van der Waals surface area (Å²) in [7, 11) is 0. The zero-order chi connectivity index (χ0) is 18.5. The lowest BCUT2D eigenvalue weighted by atomic mass is 10.1. The van der Waals surface area contributed by atoms with Gasteiger partial charge < -0.3 is 9.47 Å². The smallest absolute Gasteiger partial charge is 0.434 e. The minimum absolute atomic E-state index is 0.428. The number of benzene rings is 2. The maximum absolute atomic E-state index is 11.7. The third kappa shape index (κ3) is 7.73. The third-order valence-corrected chi connectivity index (χ3v) is 4.47. The van der Waals surface area contributed by atoms with E-state index in [0.29, 0.717) is 12.4 Å².